The molecule has 1 saturated heterocycles. The van der Waals surface area contributed by atoms with Crippen LogP contribution in [0.4, 0.5) is 15.3 Å². The van der Waals surface area contributed by atoms with Crippen LogP contribution in [0.15, 0.2) is 97.1 Å². The highest BCUT2D eigenvalue weighted by Crippen LogP contribution is 2.45. The second-order valence-corrected chi connectivity index (χ2v) is 28.5. The lowest BCUT2D eigenvalue weighted by molar-refractivity contribution is -0.213. The first kappa shape index (κ1) is 84.6. The molecule has 1 heterocycles. The minimum atomic E-state index is -1.61. The van der Waals surface area contributed by atoms with Crippen molar-refractivity contribution in [3.63, 3.8) is 0 Å². The molecule has 7 amide bonds. The quantitative estimate of drug-likeness (QED) is 0.0217. The first-order chi connectivity index (χ1) is 50.8. The number of nitrogens with zero attached hydrogens (tertiary/aromatic N) is 3. The Morgan fingerprint density at radius 2 is 1.29 bits per heavy atom. The number of aliphatic hydroxyl groups is 1. The molecule has 1 saturated carbocycles. The number of carbonyl (C=O) groups is 11. The number of hydrogen-bond donors (Lipinski definition) is 5. The molecular formula is C79H107N7O21. The lowest BCUT2D eigenvalue weighted by Gasteiger charge is -2.43. The second-order valence-electron chi connectivity index (χ2n) is 28.5. The standard InChI is InChI=1S/C79H107N7O21/c1-17-45(6)68(62(99-14)40-65(91)86-37-25-32-60(86)70(100-15)46(7)74(93)81-47(8)69(92)52-26-19-18-20-27-52)84(12)76(95)66(43(2)3)83-75(94)67(44(4)5)85(13)79(98)103-41-51-33-34-61(107-63-39-57(77(96)101-16)71(104-48(9)87)73(106-50(11)89)72(63)105-49(10)88)59(38-51)82-64(90)35-36-80-78(97)102-42-58-55-30-23-21-28-53(55)54-29-22-24-31-56(54)58/h18-24,26-31,33-34,38,43-47,57-58,60,62-63,66-73,92H,17,25,32,35-37,39-42H2,1-16H3,(H,80,97)(H,81,93)(H,82,90)(H,83,94)/t45-,46+,47+,57-,60-,62+,63+,66?,67-,68-,69+,70+,71+,72-,73-/m0/s1. The highest BCUT2D eigenvalue weighted by atomic mass is 16.6. The summed E-state index contributed by atoms with van der Waals surface area (Å²) in [5, 5.41) is 22.3. The molecule has 28 heteroatoms. The smallest absolute Gasteiger partial charge is 0.410 e. The maximum atomic E-state index is 15.0. The molecule has 0 spiro atoms. The molecule has 0 aromatic heterocycles. The first-order valence-electron chi connectivity index (χ1n) is 36.5. The van der Waals surface area contributed by atoms with E-state index >= 15 is 4.79 Å². The van der Waals surface area contributed by atoms with Gasteiger partial charge in [0, 0.05) is 80.9 Å². The van der Waals surface area contributed by atoms with Crippen LogP contribution in [0.25, 0.3) is 11.1 Å². The number of amides is 7. The number of likely N-dealkylation sites (N-methyl/N-ethyl adjacent to an activating group) is 2. The van der Waals surface area contributed by atoms with E-state index in [0.29, 0.717) is 31.4 Å². The van der Waals surface area contributed by atoms with Gasteiger partial charge in [-0.25, -0.2) is 9.59 Å². The van der Waals surface area contributed by atoms with Gasteiger partial charge in [0.1, 0.15) is 43.1 Å². The summed E-state index contributed by atoms with van der Waals surface area (Å²) in [4.78, 5) is 155. The molecule has 1 unspecified atom stereocenters. The number of hydrogen-bond acceptors (Lipinski definition) is 21. The third kappa shape index (κ3) is 21.6. The van der Waals surface area contributed by atoms with Gasteiger partial charge in [0.25, 0.3) is 0 Å². The van der Waals surface area contributed by atoms with E-state index in [9.17, 15) is 53.1 Å². The van der Waals surface area contributed by atoms with E-state index < -0.39 is 157 Å². The number of alkyl carbamates (subject to hydrolysis) is 1. The SMILES string of the molecule is CC[C@H](C)[C@@H]([C@@H](CC(=O)N1CCC[C@H]1[C@H](OC)[C@@H](C)C(=O)N[C@H](C)[C@@H](O)c1ccccc1)OC)N(C)C(=O)C(NC(=O)[C@H](C(C)C)N(C)C(=O)OCc1ccc(O[C@@H]2C[C@H](C(=O)OC)[C@@H](OC(C)=O)[C@H](OC(C)=O)[C@H]2OC(C)=O)c(NC(=O)CCNC(=O)OCC2c3ccccc3-c3ccccc32)c1)C(C)C. The normalized spacial score (nSPS) is 20.0. The summed E-state index contributed by atoms with van der Waals surface area (Å²) in [6.07, 6.45) is -9.23. The maximum absolute atomic E-state index is 15.0. The average molecular weight is 1490 g/mol. The van der Waals surface area contributed by atoms with Crippen LogP contribution in [0.5, 0.6) is 5.75 Å². The van der Waals surface area contributed by atoms with Crippen molar-refractivity contribution in [2.24, 2.45) is 29.6 Å². The van der Waals surface area contributed by atoms with E-state index in [4.69, 9.17) is 42.6 Å². The van der Waals surface area contributed by atoms with Gasteiger partial charge in [0.2, 0.25) is 29.5 Å². The third-order valence-electron chi connectivity index (χ3n) is 20.3. The third-order valence-corrected chi connectivity index (χ3v) is 20.3. The van der Waals surface area contributed by atoms with Gasteiger partial charge in [-0.3, -0.25) is 48.1 Å². The second kappa shape index (κ2) is 39.3. The fourth-order valence-electron chi connectivity index (χ4n) is 14.8. The zero-order valence-electron chi connectivity index (χ0n) is 64.2. The van der Waals surface area contributed by atoms with Crippen molar-refractivity contribution in [1.82, 2.24) is 30.7 Å². The highest BCUT2D eigenvalue weighted by Gasteiger charge is 2.55. The van der Waals surface area contributed by atoms with Crippen LogP contribution in [-0.2, 0) is 87.7 Å². The van der Waals surface area contributed by atoms with E-state index in [1.807, 2.05) is 80.6 Å². The Morgan fingerprint density at radius 1 is 0.682 bits per heavy atom. The van der Waals surface area contributed by atoms with E-state index in [0.717, 1.165) is 55.0 Å². The van der Waals surface area contributed by atoms with Crippen molar-refractivity contribution >= 4 is 71.3 Å². The molecule has 2 aliphatic carbocycles. The van der Waals surface area contributed by atoms with Gasteiger partial charge in [-0.15, -0.1) is 0 Å². The van der Waals surface area contributed by atoms with Crippen molar-refractivity contribution in [3.8, 4) is 16.9 Å². The van der Waals surface area contributed by atoms with E-state index in [1.54, 1.807) is 65.6 Å². The summed E-state index contributed by atoms with van der Waals surface area (Å²) in [6, 6.07) is 24.9. The van der Waals surface area contributed by atoms with Crippen LogP contribution in [0.3, 0.4) is 0 Å². The summed E-state index contributed by atoms with van der Waals surface area (Å²) in [5.41, 5.74) is 4.96. The molecule has 7 rings (SSSR count). The molecule has 2 fully saturated rings. The molecule has 0 radical (unpaired) electrons. The number of esters is 4. The molecule has 1 aliphatic heterocycles. The Bertz CT molecular complexity index is 3720. The average Bonchev–Trinajstić information content (AvgIpc) is 1.71. The van der Waals surface area contributed by atoms with Crippen LogP contribution in [0.1, 0.15) is 149 Å². The first-order valence-corrected chi connectivity index (χ1v) is 36.5. The van der Waals surface area contributed by atoms with Crippen LogP contribution in [0.2, 0.25) is 0 Å². The Morgan fingerprint density at radius 3 is 1.87 bits per heavy atom. The Labute approximate surface area is 626 Å². The predicted molar refractivity (Wildman–Crippen MR) is 392 cm³/mol. The topological polar surface area (TPSA) is 349 Å². The molecule has 584 valence electrons. The summed E-state index contributed by atoms with van der Waals surface area (Å²) in [7, 11) is 7.06. The van der Waals surface area contributed by atoms with Gasteiger partial charge >= 0.3 is 36.1 Å². The van der Waals surface area contributed by atoms with Gasteiger partial charge in [0.15, 0.2) is 18.3 Å². The summed E-state index contributed by atoms with van der Waals surface area (Å²) < 4.78 is 52.1. The molecule has 107 heavy (non-hydrogen) atoms. The van der Waals surface area contributed by atoms with Crippen LogP contribution < -0.4 is 26.0 Å². The van der Waals surface area contributed by atoms with Gasteiger partial charge < -0.3 is 78.8 Å². The summed E-state index contributed by atoms with van der Waals surface area (Å²) >= 11 is 0. The minimum absolute atomic E-state index is 0.0205. The van der Waals surface area contributed by atoms with E-state index in [2.05, 4.69) is 21.3 Å². The Hall–Kier alpha value is -9.67. The summed E-state index contributed by atoms with van der Waals surface area (Å²) in [6.45, 7) is 17.3. The number of benzene rings is 4. The Kier molecular flexibility index (Phi) is 31.0. The monoisotopic (exact) mass is 1490 g/mol. The number of methoxy groups -OCH3 is 3. The molecule has 3 aliphatic rings. The van der Waals surface area contributed by atoms with Crippen LogP contribution in [0, 0.1) is 29.6 Å². The highest BCUT2D eigenvalue weighted by molar-refractivity contribution is 5.93. The lowest BCUT2D eigenvalue weighted by atomic mass is 9.80. The minimum Gasteiger partial charge on any atom is -0.484 e. The number of nitrogens with one attached hydrogen (secondary N) is 4. The number of carbonyl (C=O) groups excluding carboxylic acids is 11. The zero-order chi connectivity index (χ0) is 78.7. The van der Waals surface area contributed by atoms with Crippen molar-refractivity contribution in [3.05, 3.63) is 119 Å². The molecule has 28 nitrogen and oxygen atoms in total. The largest absolute Gasteiger partial charge is 0.484 e. The van der Waals surface area contributed by atoms with E-state index in [1.165, 1.54) is 44.4 Å². The molecule has 15 atom stereocenters. The van der Waals surface area contributed by atoms with E-state index in [-0.39, 0.29) is 73.1 Å². The molecule has 0 bridgehead atoms. The number of rotatable bonds is 34. The number of anilines is 1. The lowest BCUT2D eigenvalue weighted by Crippen LogP contribution is -2.61. The molecule has 4 aromatic rings. The number of aliphatic hydroxyl groups excluding tert-OH is 1. The van der Waals surface area contributed by atoms with Crippen LogP contribution in [-0.4, -0.2) is 207 Å². The molecular weight excluding hydrogens is 1380 g/mol. The number of likely N-dealkylation sites (tertiary alicyclic amines) is 1. The molecule has 4 aromatic carbocycles. The zero-order valence-corrected chi connectivity index (χ0v) is 64.2. The molecule has 5 N–H and O–H groups in total. The van der Waals surface area contributed by atoms with Crippen molar-refractivity contribution < 1.29 is 100 Å². The van der Waals surface area contributed by atoms with Crippen molar-refractivity contribution in [1.29, 1.82) is 0 Å². The van der Waals surface area contributed by atoms with Gasteiger partial charge in [-0.05, 0) is 83.0 Å². The fraction of sp³-hybridized carbons (Fsp3) is 0.557. The van der Waals surface area contributed by atoms with Gasteiger partial charge in [-0.1, -0.05) is 140 Å². The fourth-order valence-corrected chi connectivity index (χ4v) is 14.8. The Balaban J connectivity index is 1.05. The maximum Gasteiger partial charge on any atom is 0.410 e. The number of ether oxygens (including phenoxy) is 9. The van der Waals surface area contributed by atoms with Crippen molar-refractivity contribution in [2.75, 3.05) is 60.4 Å². The van der Waals surface area contributed by atoms with Gasteiger partial charge in [-0.2, -0.15) is 0 Å². The number of fused-ring (bicyclic) bond motifs is 3. The van der Waals surface area contributed by atoms with Crippen molar-refractivity contribution in [2.45, 2.75) is 200 Å². The summed E-state index contributed by atoms with van der Waals surface area (Å²) in [5.74, 6) is -9.55. The van der Waals surface area contributed by atoms with Gasteiger partial charge in [0.05, 0.1) is 61.6 Å². The van der Waals surface area contributed by atoms with Crippen LogP contribution >= 0.6 is 0 Å². The predicted octanol–water partition coefficient (Wildman–Crippen LogP) is 8.18.